The van der Waals surface area contributed by atoms with Crippen LogP contribution in [0.1, 0.15) is 12.5 Å². The van der Waals surface area contributed by atoms with E-state index >= 15 is 0 Å². The molecular formula is C15H13ClF2N2O. The van der Waals surface area contributed by atoms with Crippen LogP contribution in [0.25, 0.3) is 0 Å². The Kier molecular flexibility index (Phi) is 5.11. The van der Waals surface area contributed by atoms with Gasteiger partial charge < -0.3 is 4.74 Å². The van der Waals surface area contributed by atoms with Gasteiger partial charge in [0.25, 0.3) is 0 Å². The standard InChI is InChI=1S/C15H13ClF2N2O/c1-10(19-20-13-8-4-3-7-12(13)16)11-6-2-5-9-14(11)21-15(17)18/h2-9,15,20H,1H3/b19-10-. The monoisotopic (exact) mass is 310 g/mol. The van der Waals surface area contributed by atoms with Crippen LogP contribution in [0.15, 0.2) is 53.6 Å². The van der Waals surface area contributed by atoms with Crippen LogP contribution in [0, 0.1) is 0 Å². The first-order valence-electron chi connectivity index (χ1n) is 6.17. The fourth-order valence-electron chi connectivity index (χ4n) is 1.72. The Balaban J connectivity index is 2.22. The highest BCUT2D eigenvalue weighted by Crippen LogP contribution is 2.23. The van der Waals surface area contributed by atoms with Crippen LogP contribution >= 0.6 is 11.6 Å². The maximum absolute atomic E-state index is 12.4. The van der Waals surface area contributed by atoms with Crippen molar-refractivity contribution in [3.8, 4) is 5.75 Å². The number of benzene rings is 2. The smallest absolute Gasteiger partial charge is 0.387 e. The lowest BCUT2D eigenvalue weighted by atomic mass is 10.1. The van der Waals surface area contributed by atoms with E-state index in [1.807, 2.05) is 6.07 Å². The zero-order valence-electron chi connectivity index (χ0n) is 11.2. The van der Waals surface area contributed by atoms with E-state index in [0.29, 0.717) is 22.0 Å². The molecule has 0 aliphatic rings. The van der Waals surface area contributed by atoms with Crippen LogP contribution in [0.3, 0.4) is 0 Å². The zero-order valence-corrected chi connectivity index (χ0v) is 11.9. The SMILES string of the molecule is C/C(=N/Nc1ccccc1Cl)c1ccccc1OC(F)F. The summed E-state index contributed by atoms with van der Waals surface area (Å²) in [5.41, 5.74) is 4.42. The number of para-hydroxylation sites is 2. The highest BCUT2D eigenvalue weighted by atomic mass is 35.5. The van der Waals surface area contributed by atoms with Gasteiger partial charge in [-0.2, -0.15) is 13.9 Å². The molecule has 0 bridgehead atoms. The molecule has 110 valence electrons. The van der Waals surface area contributed by atoms with Gasteiger partial charge in [-0.15, -0.1) is 0 Å². The maximum atomic E-state index is 12.4. The first-order chi connectivity index (χ1) is 10.1. The number of hydrogen-bond acceptors (Lipinski definition) is 3. The third-order valence-electron chi connectivity index (χ3n) is 2.71. The second-order valence-corrected chi connectivity index (χ2v) is 4.57. The van der Waals surface area contributed by atoms with Crippen molar-refractivity contribution in [2.24, 2.45) is 5.10 Å². The maximum Gasteiger partial charge on any atom is 0.387 e. The highest BCUT2D eigenvalue weighted by molar-refractivity contribution is 6.33. The molecule has 0 heterocycles. The Hall–Kier alpha value is -2.14. The summed E-state index contributed by atoms with van der Waals surface area (Å²) in [6, 6.07) is 13.6. The Morgan fingerprint density at radius 2 is 1.81 bits per heavy atom. The highest BCUT2D eigenvalue weighted by Gasteiger charge is 2.11. The number of nitrogens with zero attached hydrogens (tertiary/aromatic N) is 1. The van der Waals surface area contributed by atoms with Crippen molar-refractivity contribution >= 4 is 23.0 Å². The number of hydrogen-bond donors (Lipinski definition) is 1. The lowest BCUT2D eigenvalue weighted by Crippen LogP contribution is -2.08. The minimum absolute atomic E-state index is 0.0784. The first-order valence-corrected chi connectivity index (χ1v) is 6.55. The second kappa shape index (κ2) is 7.04. The van der Waals surface area contributed by atoms with Gasteiger partial charge in [0.05, 0.1) is 16.4 Å². The van der Waals surface area contributed by atoms with Gasteiger partial charge in [-0.25, -0.2) is 0 Å². The summed E-state index contributed by atoms with van der Waals surface area (Å²) in [5, 5.41) is 4.67. The molecule has 2 aromatic rings. The predicted octanol–water partition coefficient (Wildman–Crippen LogP) is 4.78. The lowest BCUT2D eigenvalue weighted by molar-refractivity contribution is -0.0499. The quantitative estimate of drug-likeness (QED) is 0.637. The van der Waals surface area contributed by atoms with E-state index in [4.69, 9.17) is 11.6 Å². The summed E-state index contributed by atoms with van der Waals surface area (Å²) in [5.74, 6) is 0.0784. The number of nitrogens with one attached hydrogen (secondary N) is 1. The molecule has 21 heavy (non-hydrogen) atoms. The Bertz CT molecular complexity index is 647. The van der Waals surface area contributed by atoms with Gasteiger partial charge in [0.1, 0.15) is 5.75 Å². The van der Waals surface area contributed by atoms with E-state index in [-0.39, 0.29) is 5.75 Å². The molecular weight excluding hydrogens is 298 g/mol. The molecule has 0 spiro atoms. The normalized spacial score (nSPS) is 11.6. The summed E-state index contributed by atoms with van der Waals surface area (Å²) in [4.78, 5) is 0. The largest absolute Gasteiger partial charge is 0.434 e. The second-order valence-electron chi connectivity index (χ2n) is 4.16. The lowest BCUT2D eigenvalue weighted by Gasteiger charge is -2.10. The fourth-order valence-corrected chi connectivity index (χ4v) is 1.90. The molecule has 0 aromatic heterocycles. The van der Waals surface area contributed by atoms with E-state index in [2.05, 4.69) is 15.3 Å². The van der Waals surface area contributed by atoms with Gasteiger partial charge in [0.15, 0.2) is 0 Å². The molecule has 0 aliphatic heterocycles. The van der Waals surface area contributed by atoms with Gasteiger partial charge in [0.2, 0.25) is 0 Å². The van der Waals surface area contributed by atoms with Gasteiger partial charge in [-0.3, -0.25) is 5.43 Å². The summed E-state index contributed by atoms with van der Waals surface area (Å²) < 4.78 is 29.2. The Morgan fingerprint density at radius 3 is 2.52 bits per heavy atom. The summed E-state index contributed by atoms with van der Waals surface area (Å²) in [6.45, 7) is -1.19. The Labute approximate surface area is 126 Å². The van der Waals surface area contributed by atoms with Crippen molar-refractivity contribution < 1.29 is 13.5 Å². The molecule has 2 rings (SSSR count). The van der Waals surface area contributed by atoms with E-state index < -0.39 is 6.61 Å². The number of anilines is 1. The molecule has 0 radical (unpaired) electrons. The number of alkyl halides is 2. The van der Waals surface area contributed by atoms with Crippen LogP contribution in [0.2, 0.25) is 5.02 Å². The predicted molar refractivity (Wildman–Crippen MR) is 80.4 cm³/mol. The topological polar surface area (TPSA) is 33.6 Å². The van der Waals surface area contributed by atoms with Crippen LogP contribution in [0.4, 0.5) is 14.5 Å². The zero-order chi connectivity index (χ0) is 15.2. The molecule has 1 N–H and O–H groups in total. The molecule has 0 aliphatic carbocycles. The van der Waals surface area contributed by atoms with Crippen LogP contribution < -0.4 is 10.2 Å². The number of ether oxygens (including phenoxy) is 1. The van der Waals surface area contributed by atoms with Gasteiger partial charge in [-0.1, -0.05) is 35.9 Å². The van der Waals surface area contributed by atoms with Crippen molar-refractivity contribution in [1.29, 1.82) is 0 Å². The van der Waals surface area contributed by atoms with Crippen molar-refractivity contribution in [3.05, 3.63) is 59.1 Å². The van der Waals surface area contributed by atoms with Gasteiger partial charge in [-0.05, 0) is 31.2 Å². The Morgan fingerprint density at radius 1 is 1.14 bits per heavy atom. The minimum atomic E-state index is -2.88. The summed E-state index contributed by atoms with van der Waals surface area (Å²) in [6.07, 6.45) is 0. The molecule has 0 amide bonds. The van der Waals surface area contributed by atoms with Crippen molar-refractivity contribution in [3.63, 3.8) is 0 Å². The molecule has 6 heteroatoms. The minimum Gasteiger partial charge on any atom is -0.434 e. The molecule has 2 aromatic carbocycles. The number of halogens is 3. The van der Waals surface area contributed by atoms with Crippen LogP contribution in [-0.4, -0.2) is 12.3 Å². The number of rotatable bonds is 5. The number of hydrazone groups is 1. The van der Waals surface area contributed by atoms with E-state index in [0.717, 1.165) is 0 Å². The average Bonchev–Trinajstić information content (AvgIpc) is 2.46. The molecule has 0 saturated heterocycles. The van der Waals surface area contributed by atoms with Crippen LogP contribution in [0.5, 0.6) is 5.75 Å². The van der Waals surface area contributed by atoms with Gasteiger partial charge in [0, 0.05) is 5.56 Å². The molecule has 0 saturated carbocycles. The van der Waals surface area contributed by atoms with E-state index in [1.54, 1.807) is 43.3 Å². The molecule has 0 fully saturated rings. The average molecular weight is 311 g/mol. The van der Waals surface area contributed by atoms with Crippen molar-refractivity contribution in [2.45, 2.75) is 13.5 Å². The first kappa shape index (κ1) is 15.3. The molecule has 3 nitrogen and oxygen atoms in total. The summed E-state index contributed by atoms with van der Waals surface area (Å²) >= 11 is 6.00. The third-order valence-corrected chi connectivity index (χ3v) is 3.04. The molecule has 0 atom stereocenters. The van der Waals surface area contributed by atoms with Crippen molar-refractivity contribution in [2.75, 3.05) is 5.43 Å². The van der Waals surface area contributed by atoms with E-state index in [1.165, 1.54) is 6.07 Å². The summed E-state index contributed by atoms with van der Waals surface area (Å²) in [7, 11) is 0. The molecule has 0 unspecified atom stereocenters. The van der Waals surface area contributed by atoms with Gasteiger partial charge >= 0.3 is 6.61 Å². The van der Waals surface area contributed by atoms with E-state index in [9.17, 15) is 8.78 Å². The van der Waals surface area contributed by atoms with Crippen molar-refractivity contribution in [1.82, 2.24) is 0 Å². The fraction of sp³-hybridized carbons (Fsp3) is 0.133. The van der Waals surface area contributed by atoms with Crippen LogP contribution in [-0.2, 0) is 0 Å². The third kappa shape index (κ3) is 4.16.